The predicted molar refractivity (Wildman–Crippen MR) is 116 cm³/mol. The van der Waals surface area contributed by atoms with Gasteiger partial charge in [-0.15, -0.1) is 0 Å². The molecule has 0 aromatic heterocycles. The van der Waals surface area contributed by atoms with Crippen LogP contribution in [0.1, 0.15) is 42.6 Å². The maximum Gasteiger partial charge on any atom is 0.123 e. The quantitative estimate of drug-likeness (QED) is 0.661. The summed E-state index contributed by atoms with van der Waals surface area (Å²) >= 11 is 6.37. The number of halogens is 2. The molecule has 0 aliphatic carbocycles. The molecule has 2 aliphatic rings. The maximum atomic E-state index is 13.5. The van der Waals surface area contributed by atoms with Crippen molar-refractivity contribution in [2.75, 3.05) is 31.7 Å². The highest BCUT2D eigenvalue weighted by molar-refractivity contribution is 6.30. The van der Waals surface area contributed by atoms with Crippen molar-refractivity contribution in [1.29, 1.82) is 5.26 Å². The van der Waals surface area contributed by atoms with Gasteiger partial charge in [0, 0.05) is 22.5 Å². The molecule has 0 amide bonds. The Hall–Kier alpha value is -2.17. The summed E-state index contributed by atoms with van der Waals surface area (Å²) in [6.45, 7) is 5.32. The largest absolute Gasteiger partial charge is 0.373 e. The molecule has 0 spiro atoms. The van der Waals surface area contributed by atoms with Crippen LogP contribution in [0, 0.1) is 17.1 Å². The molecule has 0 bridgehead atoms. The fraction of sp³-hybridized carbons (Fsp3) is 0.435. The van der Waals surface area contributed by atoms with Gasteiger partial charge in [-0.2, -0.15) is 5.26 Å². The Labute approximate surface area is 181 Å². The number of benzene rings is 2. The average molecular weight is 429 g/mol. The predicted octanol–water partition coefficient (Wildman–Crippen LogP) is 4.54. The lowest BCUT2D eigenvalue weighted by molar-refractivity contribution is 0.0169. The van der Waals surface area contributed by atoms with Crippen LogP contribution in [0.3, 0.4) is 0 Å². The minimum Gasteiger partial charge on any atom is -0.373 e. The Morgan fingerprint density at radius 2 is 2.00 bits per heavy atom. The number of nitriles is 1. The second-order valence-corrected chi connectivity index (χ2v) is 8.58. The van der Waals surface area contributed by atoms with Crippen molar-refractivity contribution in [2.45, 2.75) is 37.8 Å². The molecule has 2 aliphatic heterocycles. The number of nitrogens with one attached hydrogen (secondary N) is 2. The zero-order chi connectivity index (χ0) is 21.1. The van der Waals surface area contributed by atoms with Gasteiger partial charge in [0.1, 0.15) is 12.4 Å². The lowest BCUT2D eigenvalue weighted by atomic mass is 9.74. The molecule has 2 N–H and O–H groups in total. The topological polar surface area (TPSA) is 60.3 Å². The Balaban J connectivity index is 1.55. The molecule has 0 radical (unpaired) electrons. The van der Waals surface area contributed by atoms with E-state index in [2.05, 4.69) is 16.8 Å². The SMILES string of the molecule is CC(OCC1(c2ccc(F)cc2)CCNCC1)c1cc(Cl)cc2c1NN(CC#N)C2. The fourth-order valence-electron chi connectivity index (χ4n) is 4.45. The van der Waals surface area contributed by atoms with Gasteiger partial charge in [0.15, 0.2) is 0 Å². The molecule has 1 atom stereocenters. The van der Waals surface area contributed by atoms with Gasteiger partial charge in [-0.1, -0.05) is 23.7 Å². The molecule has 1 unspecified atom stereocenters. The molecule has 7 heteroatoms. The van der Waals surface area contributed by atoms with Crippen molar-refractivity contribution in [1.82, 2.24) is 10.3 Å². The second kappa shape index (κ2) is 8.91. The first-order chi connectivity index (χ1) is 14.5. The summed E-state index contributed by atoms with van der Waals surface area (Å²) in [5, 5.41) is 14.9. The van der Waals surface area contributed by atoms with Crippen LogP contribution < -0.4 is 10.7 Å². The van der Waals surface area contributed by atoms with E-state index in [4.69, 9.17) is 21.6 Å². The van der Waals surface area contributed by atoms with Crippen LogP contribution >= 0.6 is 11.6 Å². The van der Waals surface area contributed by atoms with E-state index in [9.17, 15) is 4.39 Å². The van der Waals surface area contributed by atoms with Gasteiger partial charge in [-0.3, -0.25) is 0 Å². The van der Waals surface area contributed by atoms with Crippen molar-refractivity contribution >= 4 is 17.3 Å². The maximum absolute atomic E-state index is 13.5. The van der Waals surface area contributed by atoms with Gasteiger partial charge < -0.3 is 15.5 Å². The van der Waals surface area contributed by atoms with Gasteiger partial charge in [-0.25, -0.2) is 9.40 Å². The Bertz CT molecular complexity index is 937. The third-order valence-corrected chi connectivity index (χ3v) is 6.39. The standard InChI is InChI=1S/C23H26ClFN4O/c1-16(21-13-19(24)12-17-14-29(11-8-26)28-22(17)21)30-15-23(6-9-27-10-7-23)18-2-4-20(25)5-3-18/h2-5,12-13,16,27-28H,6-7,9-11,14-15H2,1H3. The number of hydrogen-bond acceptors (Lipinski definition) is 5. The van der Waals surface area contributed by atoms with E-state index in [0.29, 0.717) is 24.7 Å². The van der Waals surface area contributed by atoms with E-state index in [-0.39, 0.29) is 17.3 Å². The minimum atomic E-state index is -0.223. The summed E-state index contributed by atoms with van der Waals surface area (Å²) < 4.78 is 19.9. The summed E-state index contributed by atoms with van der Waals surface area (Å²) in [4.78, 5) is 0. The molecule has 0 saturated carbocycles. The molecular formula is C23H26ClFN4O. The van der Waals surface area contributed by atoms with E-state index < -0.39 is 0 Å². The number of rotatable bonds is 6. The first kappa shape index (κ1) is 21.1. The number of hydrazine groups is 1. The molecule has 1 fully saturated rings. The molecule has 5 nitrogen and oxygen atoms in total. The van der Waals surface area contributed by atoms with Gasteiger partial charge in [0.25, 0.3) is 0 Å². The Morgan fingerprint density at radius 1 is 1.27 bits per heavy atom. The third-order valence-electron chi connectivity index (χ3n) is 6.17. The van der Waals surface area contributed by atoms with Crippen LogP contribution in [0.25, 0.3) is 0 Å². The third kappa shape index (κ3) is 4.30. The van der Waals surface area contributed by atoms with Crippen molar-refractivity contribution in [3.8, 4) is 6.07 Å². The molecule has 2 heterocycles. The number of piperidine rings is 1. The molecule has 1 saturated heterocycles. The highest BCUT2D eigenvalue weighted by Crippen LogP contribution is 2.39. The van der Waals surface area contributed by atoms with Crippen molar-refractivity contribution in [3.05, 3.63) is 63.9 Å². The minimum absolute atomic E-state index is 0.144. The normalized spacial score (nSPS) is 19.0. The van der Waals surface area contributed by atoms with E-state index in [0.717, 1.165) is 48.3 Å². The Morgan fingerprint density at radius 3 is 2.70 bits per heavy atom. The number of fused-ring (bicyclic) bond motifs is 1. The van der Waals surface area contributed by atoms with E-state index >= 15 is 0 Å². The van der Waals surface area contributed by atoms with Crippen LogP contribution in [0.2, 0.25) is 5.02 Å². The molecular weight excluding hydrogens is 403 g/mol. The highest BCUT2D eigenvalue weighted by Gasteiger charge is 2.35. The first-order valence-electron chi connectivity index (χ1n) is 10.3. The number of anilines is 1. The zero-order valence-corrected chi connectivity index (χ0v) is 17.8. The second-order valence-electron chi connectivity index (χ2n) is 8.15. The van der Waals surface area contributed by atoms with Gasteiger partial charge in [0.2, 0.25) is 0 Å². The Kier molecular flexibility index (Phi) is 6.26. The number of nitrogens with zero attached hydrogens (tertiary/aromatic N) is 2. The highest BCUT2D eigenvalue weighted by atomic mass is 35.5. The van der Waals surface area contributed by atoms with Gasteiger partial charge in [0.05, 0.1) is 24.5 Å². The van der Waals surface area contributed by atoms with Crippen molar-refractivity contribution in [2.24, 2.45) is 0 Å². The van der Waals surface area contributed by atoms with Gasteiger partial charge in [-0.05, 0) is 68.2 Å². The number of hydrogen-bond donors (Lipinski definition) is 2. The lowest BCUT2D eigenvalue weighted by Crippen LogP contribution is -2.43. The van der Waals surface area contributed by atoms with E-state index in [1.807, 2.05) is 36.2 Å². The first-order valence-corrected chi connectivity index (χ1v) is 10.7. The molecule has 2 aromatic rings. The van der Waals surface area contributed by atoms with Gasteiger partial charge >= 0.3 is 0 Å². The summed E-state index contributed by atoms with van der Waals surface area (Å²) in [6, 6.07) is 12.9. The van der Waals surface area contributed by atoms with E-state index in [1.165, 1.54) is 12.1 Å². The molecule has 30 heavy (non-hydrogen) atoms. The zero-order valence-electron chi connectivity index (χ0n) is 17.0. The summed E-state index contributed by atoms with van der Waals surface area (Å²) in [6.07, 6.45) is 1.69. The summed E-state index contributed by atoms with van der Waals surface area (Å²) in [7, 11) is 0. The lowest BCUT2D eigenvalue weighted by Gasteiger charge is -2.39. The molecule has 4 rings (SSSR count). The summed E-state index contributed by atoms with van der Waals surface area (Å²) in [5.41, 5.74) is 7.32. The monoisotopic (exact) mass is 428 g/mol. The van der Waals surface area contributed by atoms with Crippen LogP contribution in [0.15, 0.2) is 36.4 Å². The average Bonchev–Trinajstić information content (AvgIpc) is 3.15. The van der Waals surface area contributed by atoms with E-state index in [1.54, 1.807) is 0 Å². The van der Waals surface area contributed by atoms with Crippen LogP contribution in [0.4, 0.5) is 10.1 Å². The van der Waals surface area contributed by atoms with Crippen molar-refractivity contribution < 1.29 is 9.13 Å². The van der Waals surface area contributed by atoms with Crippen LogP contribution in [-0.4, -0.2) is 31.3 Å². The van der Waals surface area contributed by atoms with Crippen LogP contribution in [-0.2, 0) is 16.7 Å². The van der Waals surface area contributed by atoms with Crippen LogP contribution in [0.5, 0.6) is 0 Å². The molecule has 2 aromatic carbocycles. The van der Waals surface area contributed by atoms with Crippen molar-refractivity contribution in [3.63, 3.8) is 0 Å². The fourth-order valence-corrected chi connectivity index (χ4v) is 4.70. The summed E-state index contributed by atoms with van der Waals surface area (Å²) in [5.74, 6) is -0.223. The number of ether oxygens (including phenoxy) is 1. The molecule has 158 valence electrons. The smallest absolute Gasteiger partial charge is 0.123 e.